The molecule has 0 unspecified atom stereocenters. The lowest BCUT2D eigenvalue weighted by Crippen LogP contribution is -2.45. The Morgan fingerprint density at radius 3 is 2.76 bits per heavy atom. The predicted octanol–water partition coefficient (Wildman–Crippen LogP) is 4.96. The first-order chi connectivity index (χ1) is 12.1. The van der Waals surface area contributed by atoms with Gasteiger partial charge in [0.05, 0.1) is 5.02 Å². The van der Waals surface area contributed by atoms with E-state index in [4.69, 9.17) is 16.1 Å². The minimum atomic E-state index is 0.0256. The Hall–Kier alpha value is -1.81. The van der Waals surface area contributed by atoms with Crippen LogP contribution in [-0.4, -0.2) is 29.1 Å². The van der Waals surface area contributed by atoms with Crippen molar-refractivity contribution in [2.24, 2.45) is 11.8 Å². The number of halogens is 1. The number of fused-ring (bicyclic) bond motifs is 1. The molecule has 4 rings (SSSR count). The number of benzene rings is 1. The van der Waals surface area contributed by atoms with Gasteiger partial charge in [-0.15, -0.1) is 0 Å². The summed E-state index contributed by atoms with van der Waals surface area (Å²) in [6, 6.07) is 7.45. The van der Waals surface area contributed by atoms with Crippen molar-refractivity contribution >= 4 is 17.5 Å². The van der Waals surface area contributed by atoms with Crippen molar-refractivity contribution < 1.29 is 9.32 Å². The topological polar surface area (TPSA) is 46.3 Å². The van der Waals surface area contributed by atoms with Crippen LogP contribution in [0.5, 0.6) is 0 Å². The van der Waals surface area contributed by atoms with Crippen molar-refractivity contribution in [3.8, 4) is 11.3 Å². The highest BCUT2D eigenvalue weighted by Crippen LogP contribution is 2.38. The molecule has 1 aromatic carbocycles. The molecule has 2 aliphatic rings. The van der Waals surface area contributed by atoms with Crippen molar-refractivity contribution in [1.82, 2.24) is 10.1 Å². The number of amides is 1. The maximum absolute atomic E-state index is 13.2. The van der Waals surface area contributed by atoms with Gasteiger partial charge in [0.15, 0.2) is 0 Å². The minimum absolute atomic E-state index is 0.0256. The van der Waals surface area contributed by atoms with Gasteiger partial charge >= 0.3 is 0 Å². The Bertz CT molecular complexity index is 786. The number of aromatic nitrogens is 1. The summed E-state index contributed by atoms with van der Waals surface area (Å²) in [5.74, 6) is 2.03. The van der Waals surface area contributed by atoms with Crippen LogP contribution in [0.4, 0.5) is 0 Å². The molecule has 1 aliphatic carbocycles. The molecule has 1 aliphatic heterocycles. The number of hydrogen-bond acceptors (Lipinski definition) is 3. The van der Waals surface area contributed by atoms with E-state index in [1.54, 1.807) is 6.92 Å². The summed E-state index contributed by atoms with van der Waals surface area (Å²) in [5.41, 5.74) is 1.86. The summed E-state index contributed by atoms with van der Waals surface area (Å²) in [7, 11) is 0. The number of nitrogens with zero attached hydrogens (tertiary/aromatic N) is 2. The Kier molecular flexibility index (Phi) is 4.55. The molecular weight excluding hydrogens is 336 g/mol. The van der Waals surface area contributed by atoms with Crippen LogP contribution in [0.25, 0.3) is 11.3 Å². The minimum Gasteiger partial charge on any atom is -0.360 e. The fourth-order valence-corrected chi connectivity index (χ4v) is 4.63. The van der Waals surface area contributed by atoms with E-state index in [1.165, 1.54) is 25.7 Å². The zero-order chi connectivity index (χ0) is 17.4. The molecule has 1 aromatic heterocycles. The molecule has 0 radical (unpaired) electrons. The molecule has 1 saturated heterocycles. The Morgan fingerprint density at radius 2 is 1.96 bits per heavy atom. The molecule has 2 heterocycles. The summed E-state index contributed by atoms with van der Waals surface area (Å²) < 4.78 is 5.37. The first-order valence-electron chi connectivity index (χ1n) is 9.15. The van der Waals surface area contributed by atoms with Gasteiger partial charge in [-0.05, 0) is 37.7 Å². The van der Waals surface area contributed by atoms with Gasteiger partial charge in [0.2, 0.25) is 0 Å². The molecule has 2 aromatic rings. The number of piperidine rings is 1. The highest BCUT2D eigenvalue weighted by molar-refractivity contribution is 6.33. The Balaban J connectivity index is 1.63. The number of aryl methyl sites for hydroxylation is 1. The molecule has 2 fully saturated rings. The van der Waals surface area contributed by atoms with Gasteiger partial charge in [0.25, 0.3) is 5.91 Å². The molecule has 132 valence electrons. The molecule has 1 saturated carbocycles. The van der Waals surface area contributed by atoms with Gasteiger partial charge in [-0.25, -0.2) is 0 Å². The lowest BCUT2D eigenvalue weighted by molar-refractivity contribution is 0.0520. The lowest BCUT2D eigenvalue weighted by Gasteiger charge is -2.41. The first-order valence-corrected chi connectivity index (χ1v) is 9.53. The van der Waals surface area contributed by atoms with E-state index >= 15 is 0 Å². The van der Waals surface area contributed by atoms with E-state index in [0.29, 0.717) is 28.0 Å². The van der Waals surface area contributed by atoms with E-state index in [0.717, 1.165) is 31.0 Å². The van der Waals surface area contributed by atoms with Crippen molar-refractivity contribution in [1.29, 1.82) is 0 Å². The van der Waals surface area contributed by atoms with E-state index in [2.05, 4.69) is 5.16 Å². The second-order valence-electron chi connectivity index (χ2n) is 7.29. The molecule has 25 heavy (non-hydrogen) atoms. The van der Waals surface area contributed by atoms with Gasteiger partial charge in [-0.2, -0.15) is 0 Å². The standard InChI is InChI=1S/C20H23ClN2O2/c1-13-18(19(22-25-13)16-8-4-5-9-17(16)21)20(24)23-11-10-14-6-2-3-7-15(14)12-23/h4-5,8-9,14-15H,2-3,6-7,10-12H2,1H3/t14-,15-/m1/s1. The average molecular weight is 359 g/mol. The average Bonchev–Trinajstić information content (AvgIpc) is 3.02. The molecule has 2 atom stereocenters. The SMILES string of the molecule is Cc1onc(-c2ccccc2Cl)c1C(=O)N1CC[C@H]2CCCC[C@@H]2C1. The molecule has 0 bridgehead atoms. The number of likely N-dealkylation sites (tertiary alicyclic amines) is 1. The highest BCUT2D eigenvalue weighted by Gasteiger charge is 2.35. The second kappa shape index (κ2) is 6.83. The number of rotatable bonds is 2. The van der Waals surface area contributed by atoms with E-state index in [9.17, 15) is 4.79 Å². The lowest BCUT2D eigenvalue weighted by atomic mass is 9.75. The van der Waals surface area contributed by atoms with Crippen LogP contribution in [0.3, 0.4) is 0 Å². The zero-order valence-electron chi connectivity index (χ0n) is 14.5. The Labute approximate surface area is 153 Å². The quantitative estimate of drug-likeness (QED) is 0.762. The first kappa shape index (κ1) is 16.6. The van der Waals surface area contributed by atoms with Crippen molar-refractivity contribution in [2.75, 3.05) is 13.1 Å². The summed E-state index contributed by atoms with van der Waals surface area (Å²) >= 11 is 6.32. The zero-order valence-corrected chi connectivity index (χ0v) is 15.3. The van der Waals surface area contributed by atoms with Gasteiger partial charge in [0, 0.05) is 18.7 Å². The summed E-state index contributed by atoms with van der Waals surface area (Å²) in [5, 5.41) is 4.72. The van der Waals surface area contributed by atoms with Gasteiger partial charge in [0.1, 0.15) is 17.0 Å². The van der Waals surface area contributed by atoms with Crippen LogP contribution in [0.15, 0.2) is 28.8 Å². The third-order valence-corrected chi connectivity index (χ3v) is 6.11. The van der Waals surface area contributed by atoms with Crippen molar-refractivity contribution in [2.45, 2.75) is 39.0 Å². The molecule has 0 spiro atoms. The molecule has 1 amide bonds. The van der Waals surface area contributed by atoms with Gasteiger partial charge in [-0.3, -0.25) is 4.79 Å². The van der Waals surface area contributed by atoms with E-state index in [1.807, 2.05) is 29.2 Å². The smallest absolute Gasteiger partial charge is 0.259 e. The molecule has 5 heteroatoms. The largest absolute Gasteiger partial charge is 0.360 e. The van der Waals surface area contributed by atoms with E-state index < -0.39 is 0 Å². The van der Waals surface area contributed by atoms with E-state index in [-0.39, 0.29) is 5.91 Å². The highest BCUT2D eigenvalue weighted by atomic mass is 35.5. The third kappa shape index (κ3) is 3.08. The fourth-order valence-electron chi connectivity index (χ4n) is 4.40. The fraction of sp³-hybridized carbons (Fsp3) is 0.500. The maximum atomic E-state index is 13.2. The summed E-state index contributed by atoms with van der Waals surface area (Å²) in [6.45, 7) is 3.48. The van der Waals surface area contributed by atoms with Crippen LogP contribution in [0, 0.1) is 18.8 Å². The Morgan fingerprint density at radius 1 is 1.20 bits per heavy atom. The summed E-state index contributed by atoms with van der Waals surface area (Å²) in [6.07, 6.45) is 6.32. The van der Waals surface area contributed by atoms with Crippen molar-refractivity contribution in [3.05, 3.63) is 40.6 Å². The summed E-state index contributed by atoms with van der Waals surface area (Å²) in [4.78, 5) is 15.2. The molecule has 4 nitrogen and oxygen atoms in total. The maximum Gasteiger partial charge on any atom is 0.259 e. The van der Waals surface area contributed by atoms with Crippen LogP contribution < -0.4 is 0 Å². The third-order valence-electron chi connectivity index (χ3n) is 5.78. The van der Waals surface area contributed by atoms with Crippen LogP contribution >= 0.6 is 11.6 Å². The predicted molar refractivity (Wildman–Crippen MR) is 97.7 cm³/mol. The second-order valence-corrected chi connectivity index (χ2v) is 7.69. The van der Waals surface area contributed by atoms with Crippen LogP contribution in [0.1, 0.15) is 48.2 Å². The number of carbonyl (C=O) groups is 1. The number of carbonyl (C=O) groups excluding carboxylic acids is 1. The van der Waals surface area contributed by atoms with Crippen LogP contribution in [-0.2, 0) is 0 Å². The monoisotopic (exact) mass is 358 g/mol. The molecule has 0 N–H and O–H groups in total. The van der Waals surface area contributed by atoms with Crippen molar-refractivity contribution in [3.63, 3.8) is 0 Å². The normalized spacial score (nSPS) is 23.4. The number of hydrogen-bond donors (Lipinski definition) is 0. The molecular formula is C20H23ClN2O2. The van der Waals surface area contributed by atoms with Gasteiger partial charge in [-0.1, -0.05) is 54.2 Å². The van der Waals surface area contributed by atoms with Crippen LogP contribution in [0.2, 0.25) is 5.02 Å². The van der Waals surface area contributed by atoms with Gasteiger partial charge < -0.3 is 9.42 Å².